The molecule has 0 fully saturated rings. The van der Waals surface area contributed by atoms with Gasteiger partial charge < -0.3 is 18.3 Å². The van der Waals surface area contributed by atoms with Crippen molar-refractivity contribution in [3.05, 3.63) is 53.8 Å². The second-order valence-corrected chi connectivity index (χ2v) is 5.99. The standard InChI is InChI=1S/C21H22N2O4/c1-5-11-23(13-16-8-7-12-26-16)14-18-15(2)27-21(22-18)17-9-6-10-19(24-3)20(17)25-4/h1,6-10,12H,11,13-14H2,2-4H3. The van der Waals surface area contributed by atoms with Crippen LogP contribution in [-0.2, 0) is 13.1 Å². The summed E-state index contributed by atoms with van der Waals surface area (Å²) in [5, 5.41) is 0. The molecule has 0 saturated carbocycles. The van der Waals surface area contributed by atoms with E-state index in [4.69, 9.17) is 24.7 Å². The minimum Gasteiger partial charge on any atom is -0.493 e. The summed E-state index contributed by atoms with van der Waals surface area (Å²) in [6.45, 7) is 3.51. The Balaban J connectivity index is 1.87. The molecule has 0 amide bonds. The van der Waals surface area contributed by atoms with Crippen molar-refractivity contribution in [1.82, 2.24) is 9.88 Å². The predicted molar refractivity (Wildman–Crippen MR) is 101 cm³/mol. The highest BCUT2D eigenvalue weighted by Crippen LogP contribution is 2.38. The molecule has 0 aliphatic heterocycles. The van der Waals surface area contributed by atoms with Crippen LogP contribution < -0.4 is 9.47 Å². The smallest absolute Gasteiger partial charge is 0.230 e. The molecule has 0 radical (unpaired) electrons. The van der Waals surface area contributed by atoms with Crippen molar-refractivity contribution in [3.8, 4) is 35.3 Å². The number of hydrogen-bond acceptors (Lipinski definition) is 6. The molecule has 2 heterocycles. The van der Waals surface area contributed by atoms with E-state index in [-0.39, 0.29) is 0 Å². The first-order valence-electron chi connectivity index (χ1n) is 8.52. The van der Waals surface area contributed by atoms with Gasteiger partial charge in [0.2, 0.25) is 5.89 Å². The van der Waals surface area contributed by atoms with Gasteiger partial charge in [0.05, 0.1) is 44.8 Å². The van der Waals surface area contributed by atoms with Gasteiger partial charge >= 0.3 is 0 Å². The lowest BCUT2D eigenvalue weighted by molar-refractivity contribution is 0.260. The lowest BCUT2D eigenvalue weighted by atomic mass is 10.2. The minimum absolute atomic E-state index is 0.477. The number of aryl methyl sites for hydroxylation is 1. The molecule has 2 aromatic heterocycles. The molecule has 27 heavy (non-hydrogen) atoms. The first-order valence-corrected chi connectivity index (χ1v) is 8.52. The van der Waals surface area contributed by atoms with Gasteiger partial charge in [-0.05, 0) is 31.2 Å². The van der Waals surface area contributed by atoms with E-state index in [0.29, 0.717) is 37.0 Å². The Bertz CT molecular complexity index is 922. The van der Waals surface area contributed by atoms with Crippen molar-refractivity contribution in [2.45, 2.75) is 20.0 Å². The average Bonchev–Trinajstić information content (AvgIpc) is 3.31. The SMILES string of the molecule is C#CCN(Cc1ccco1)Cc1nc(-c2cccc(OC)c2OC)oc1C. The van der Waals surface area contributed by atoms with Crippen LogP contribution in [0.1, 0.15) is 17.2 Å². The Kier molecular flexibility index (Phi) is 5.84. The van der Waals surface area contributed by atoms with Crippen LogP contribution in [0.4, 0.5) is 0 Å². The van der Waals surface area contributed by atoms with Crippen LogP contribution in [0.5, 0.6) is 11.5 Å². The fraction of sp³-hybridized carbons (Fsp3) is 0.286. The van der Waals surface area contributed by atoms with E-state index >= 15 is 0 Å². The van der Waals surface area contributed by atoms with Gasteiger partial charge in [-0.15, -0.1) is 6.42 Å². The Hall–Kier alpha value is -3.17. The second-order valence-electron chi connectivity index (χ2n) is 5.99. The third-order valence-electron chi connectivity index (χ3n) is 4.17. The molecular weight excluding hydrogens is 344 g/mol. The average molecular weight is 366 g/mol. The van der Waals surface area contributed by atoms with Crippen LogP contribution in [0.2, 0.25) is 0 Å². The Morgan fingerprint density at radius 3 is 2.67 bits per heavy atom. The molecule has 3 rings (SSSR count). The third-order valence-corrected chi connectivity index (χ3v) is 4.17. The van der Waals surface area contributed by atoms with Crippen LogP contribution >= 0.6 is 0 Å². The zero-order chi connectivity index (χ0) is 19.2. The van der Waals surface area contributed by atoms with E-state index in [2.05, 4.69) is 15.8 Å². The number of nitrogens with zero attached hydrogens (tertiary/aromatic N) is 2. The van der Waals surface area contributed by atoms with Gasteiger partial charge in [0, 0.05) is 6.54 Å². The molecule has 0 aliphatic rings. The van der Waals surface area contributed by atoms with Gasteiger partial charge in [0.25, 0.3) is 0 Å². The van der Waals surface area contributed by atoms with Crippen LogP contribution in [0, 0.1) is 19.3 Å². The second kappa shape index (κ2) is 8.47. The summed E-state index contributed by atoms with van der Waals surface area (Å²) in [5.74, 6) is 5.96. The van der Waals surface area contributed by atoms with Crippen LogP contribution in [0.25, 0.3) is 11.5 Å². The molecule has 3 aromatic rings. The Morgan fingerprint density at radius 2 is 2.00 bits per heavy atom. The van der Waals surface area contributed by atoms with Crippen LogP contribution in [-0.4, -0.2) is 30.6 Å². The van der Waals surface area contributed by atoms with Gasteiger partial charge in [-0.1, -0.05) is 12.0 Å². The summed E-state index contributed by atoms with van der Waals surface area (Å²) in [7, 11) is 3.19. The molecule has 6 nitrogen and oxygen atoms in total. The number of rotatable bonds is 8. The summed E-state index contributed by atoms with van der Waals surface area (Å²) in [6, 6.07) is 9.37. The zero-order valence-electron chi connectivity index (χ0n) is 15.7. The van der Waals surface area contributed by atoms with Crippen molar-refractivity contribution < 1.29 is 18.3 Å². The molecule has 0 aliphatic carbocycles. The normalized spacial score (nSPS) is 10.8. The zero-order valence-corrected chi connectivity index (χ0v) is 15.7. The van der Waals surface area contributed by atoms with E-state index in [1.54, 1.807) is 20.5 Å². The van der Waals surface area contributed by atoms with Gasteiger partial charge in [0.1, 0.15) is 11.5 Å². The number of benzene rings is 1. The van der Waals surface area contributed by atoms with E-state index < -0.39 is 0 Å². The molecule has 0 spiro atoms. The van der Waals surface area contributed by atoms with E-state index in [9.17, 15) is 0 Å². The largest absolute Gasteiger partial charge is 0.493 e. The van der Waals surface area contributed by atoms with Crippen molar-refractivity contribution in [3.63, 3.8) is 0 Å². The number of methoxy groups -OCH3 is 2. The summed E-state index contributed by atoms with van der Waals surface area (Å²) < 4.78 is 22.2. The molecule has 1 aromatic carbocycles. The molecule has 0 unspecified atom stereocenters. The molecular formula is C21H22N2O4. The van der Waals surface area contributed by atoms with Crippen molar-refractivity contribution in [2.24, 2.45) is 0 Å². The fourth-order valence-corrected chi connectivity index (χ4v) is 2.88. The fourth-order valence-electron chi connectivity index (χ4n) is 2.88. The number of oxazole rings is 1. The van der Waals surface area contributed by atoms with Crippen molar-refractivity contribution >= 4 is 0 Å². The number of hydrogen-bond donors (Lipinski definition) is 0. The Morgan fingerprint density at radius 1 is 1.15 bits per heavy atom. The maximum absolute atomic E-state index is 5.91. The lowest BCUT2D eigenvalue weighted by Gasteiger charge is -2.17. The quantitative estimate of drug-likeness (QED) is 0.564. The maximum Gasteiger partial charge on any atom is 0.230 e. The molecule has 6 heteroatoms. The highest BCUT2D eigenvalue weighted by Gasteiger charge is 2.19. The Labute approximate surface area is 158 Å². The first-order chi connectivity index (χ1) is 13.2. The number of ether oxygens (including phenoxy) is 2. The van der Waals surface area contributed by atoms with Gasteiger partial charge in [-0.25, -0.2) is 4.98 Å². The number of furan rings is 1. The maximum atomic E-state index is 5.91. The number of para-hydroxylation sites is 1. The van der Waals surface area contributed by atoms with E-state index in [1.165, 1.54) is 0 Å². The van der Waals surface area contributed by atoms with Crippen LogP contribution in [0.15, 0.2) is 45.4 Å². The minimum atomic E-state index is 0.477. The molecule has 140 valence electrons. The monoisotopic (exact) mass is 366 g/mol. The molecule has 0 N–H and O–H groups in total. The highest BCUT2D eigenvalue weighted by atomic mass is 16.5. The highest BCUT2D eigenvalue weighted by molar-refractivity contribution is 5.68. The van der Waals surface area contributed by atoms with Crippen molar-refractivity contribution in [2.75, 3.05) is 20.8 Å². The molecule has 0 bridgehead atoms. The molecule has 0 atom stereocenters. The topological polar surface area (TPSA) is 60.9 Å². The van der Waals surface area contributed by atoms with E-state index in [0.717, 1.165) is 22.8 Å². The van der Waals surface area contributed by atoms with Gasteiger partial charge in [-0.3, -0.25) is 4.90 Å². The van der Waals surface area contributed by atoms with Crippen LogP contribution in [0.3, 0.4) is 0 Å². The number of aromatic nitrogens is 1. The van der Waals surface area contributed by atoms with E-state index in [1.807, 2.05) is 37.3 Å². The molecule has 0 saturated heterocycles. The first kappa shape index (κ1) is 18.6. The summed E-state index contributed by atoms with van der Waals surface area (Å²) >= 11 is 0. The van der Waals surface area contributed by atoms with Crippen molar-refractivity contribution in [1.29, 1.82) is 0 Å². The predicted octanol–water partition coefficient (Wildman–Crippen LogP) is 3.90. The third kappa shape index (κ3) is 4.15. The summed E-state index contributed by atoms with van der Waals surface area (Å²) in [4.78, 5) is 6.74. The lowest BCUT2D eigenvalue weighted by Crippen LogP contribution is -2.23. The van der Waals surface area contributed by atoms with Gasteiger partial charge in [-0.2, -0.15) is 0 Å². The van der Waals surface area contributed by atoms with Gasteiger partial charge in [0.15, 0.2) is 11.5 Å². The number of terminal acetylenes is 1. The summed E-state index contributed by atoms with van der Waals surface area (Å²) in [6.07, 6.45) is 7.17. The summed E-state index contributed by atoms with van der Waals surface area (Å²) in [5.41, 5.74) is 1.55.